The van der Waals surface area contributed by atoms with Crippen LogP contribution < -0.4 is 14.9 Å². The van der Waals surface area contributed by atoms with Crippen LogP contribution in [0.2, 0.25) is 10.0 Å². The van der Waals surface area contributed by atoms with Crippen molar-refractivity contribution in [2.45, 2.75) is 6.42 Å². The van der Waals surface area contributed by atoms with Crippen molar-refractivity contribution < 1.29 is 22.7 Å². The van der Waals surface area contributed by atoms with Crippen LogP contribution in [0.5, 0.6) is 0 Å². The molecule has 0 atom stereocenters. The first-order valence-corrected chi connectivity index (χ1v) is 11.8. The molecule has 31 heavy (non-hydrogen) atoms. The van der Waals surface area contributed by atoms with Crippen molar-refractivity contribution >= 4 is 56.4 Å². The van der Waals surface area contributed by atoms with Crippen LogP contribution in [0.25, 0.3) is 0 Å². The lowest BCUT2D eigenvalue weighted by Crippen LogP contribution is -2.37. The fourth-order valence-electron chi connectivity index (χ4n) is 2.66. The van der Waals surface area contributed by atoms with Crippen LogP contribution >= 0.6 is 23.2 Å². The molecule has 2 rings (SSSR count). The van der Waals surface area contributed by atoms with E-state index in [1.165, 1.54) is 18.2 Å². The molecule has 0 radical (unpaired) electrons. The number of carbonyl (C=O) groups is 2. The average molecular weight is 488 g/mol. The van der Waals surface area contributed by atoms with Gasteiger partial charge in [-0.25, -0.2) is 8.42 Å². The minimum absolute atomic E-state index is 0.156. The molecule has 0 unspecified atom stereocenters. The molecule has 2 amide bonds. The molecule has 2 aromatic rings. The number of benzene rings is 2. The Labute approximate surface area is 191 Å². The number of hydrogen-bond acceptors (Lipinski definition) is 5. The molecule has 11 heteroatoms. The van der Waals surface area contributed by atoms with E-state index in [-0.39, 0.29) is 32.9 Å². The van der Waals surface area contributed by atoms with Crippen molar-refractivity contribution in [3.8, 4) is 0 Å². The minimum Gasteiger partial charge on any atom is -0.385 e. The Morgan fingerprint density at radius 3 is 2.45 bits per heavy atom. The van der Waals surface area contributed by atoms with Crippen molar-refractivity contribution in [2.75, 3.05) is 42.7 Å². The molecule has 0 saturated carbocycles. The van der Waals surface area contributed by atoms with Gasteiger partial charge in [0.15, 0.2) is 0 Å². The van der Waals surface area contributed by atoms with Gasteiger partial charge >= 0.3 is 0 Å². The quantitative estimate of drug-likeness (QED) is 0.500. The van der Waals surface area contributed by atoms with Crippen LogP contribution in [0.3, 0.4) is 0 Å². The van der Waals surface area contributed by atoms with E-state index in [4.69, 9.17) is 27.9 Å². The molecule has 2 aromatic carbocycles. The Hall–Kier alpha value is -2.33. The molecule has 0 bridgehead atoms. The number of para-hydroxylation sites is 1. The summed E-state index contributed by atoms with van der Waals surface area (Å²) < 4.78 is 30.4. The first kappa shape index (κ1) is 24.9. The third-order valence-corrected chi connectivity index (χ3v) is 6.01. The highest BCUT2D eigenvalue weighted by Gasteiger charge is 2.22. The van der Waals surface area contributed by atoms with E-state index in [1.807, 2.05) is 0 Å². The molecule has 0 aliphatic heterocycles. The third kappa shape index (κ3) is 7.39. The number of amides is 2. The zero-order chi connectivity index (χ0) is 23.0. The second-order valence-electron chi connectivity index (χ2n) is 6.56. The Bertz CT molecular complexity index is 1050. The summed E-state index contributed by atoms with van der Waals surface area (Å²) in [6.45, 7) is 0.406. The first-order chi connectivity index (χ1) is 14.6. The highest BCUT2D eigenvalue weighted by Crippen LogP contribution is 2.28. The summed E-state index contributed by atoms with van der Waals surface area (Å²) in [5.74, 6) is -0.993. The van der Waals surface area contributed by atoms with Gasteiger partial charge in [0, 0.05) is 20.3 Å². The van der Waals surface area contributed by atoms with Gasteiger partial charge in [-0.15, -0.1) is 0 Å². The van der Waals surface area contributed by atoms with Crippen molar-refractivity contribution in [3.63, 3.8) is 0 Å². The molecule has 8 nitrogen and oxygen atoms in total. The van der Waals surface area contributed by atoms with E-state index in [2.05, 4.69) is 10.6 Å². The summed E-state index contributed by atoms with van der Waals surface area (Å²) in [4.78, 5) is 25.1. The van der Waals surface area contributed by atoms with Crippen LogP contribution in [0.1, 0.15) is 16.8 Å². The fraction of sp³-hybridized carbons (Fsp3) is 0.300. The van der Waals surface area contributed by atoms with Crippen LogP contribution in [0.4, 0.5) is 11.4 Å². The normalized spacial score (nSPS) is 11.1. The number of anilines is 2. The van der Waals surface area contributed by atoms with E-state index >= 15 is 0 Å². The van der Waals surface area contributed by atoms with Gasteiger partial charge in [0.1, 0.15) is 6.54 Å². The number of sulfonamides is 1. The Morgan fingerprint density at radius 2 is 1.81 bits per heavy atom. The van der Waals surface area contributed by atoms with Gasteiger partial charge in [0.05, 0.1) is 33.2 Å². The van der Waals surface area contributed by atoms with Crippen LogP contribution in [-0.2, 0) is 19.6 Å². The van der Waals surface area contributed by atoms with Gasteiger partial charge in [0.25, 0.3) is 5.91 Å². The maximum atomic E-state index is 12.6. The van der Waals surface area contributed by atoms with Crippen molar-refractivity contribution in [2.24, 2.45) is 0 Å². The molecule has 2 N–H and O–H groups in total. The minimum atomic E-state index is -3.80. The maximum Gasteiger partial charge on any atom is 0.253 e. The SMILES string of the molecule is COCCCNC(=O)c1ccccc1NC(=O)CN(c1ccc(Cl)c(Cl)c1)S(C)(=O)=O. The van der Waals surface area contributed by atoms with Gasteiger partial charge in [-0.2, -0.15) is 0 Å². The molecule has 0 heterocycles. The Morgan fingerprint density at radius 1 is 1.10 bits per heavy atom. The average Bonchev–Trinajstić information content (AvgIpc) is 2.71. The monoisotopic (exact) mass is 487 g/mol. The van der Waals surface area contributed by atoms with E-state index in [0.717, 1.165) is 10.6 Å². The predicted octanol–water partition coefficient (Wildman–Crippen LogP) is 3.16. The van der Waals surface area contributed by atoms with Crippen LogP contribution in [0.15, 0.2) is 42.5 Å². The fourth-order valence-corrected chi connectivity index (χ4v) is 3.80. The zero-order valence-electron chi connectivity index (χ0n) is 17.0. The van der Waals surface area contributed by atoms with Crippen molar-refractivity contribution in [3.05, 3.63) is 58.1 Å². The predicted molar refractivity (Wildman–Crippen MR) is 123 cm³/mol. The summed E-state index contributed by atoms with van der Waals surface area (Å²) in [7, 11) is -2.23. The van der Waals surface area contributed by atoms with E-state index in [1.54, 1.807) is 31.4 Å². The summed E-state index contributed by atoms with van der Waals surface area (Å²) in [5.41, 5.74) is 0.712. The van der Waals surface area contributed by atoms with Gasteiger partial charge in [-0.3, -0.25) is 13.9 Å². The molecular formula is C20H23Cl2N3O5S. The second kappa shape index (κ2) is 11.3. The lowest BCUT2D eigenvalue weighted by molar-refractivity contribution is -0.114. The molecule has 168 valence electrons. The highest BCUT2D eigenvalue weighted by atomic mass is 35.5. The van der Waals surface area contributed by atoms with E-state index in [9.17, 15) is 18.0 Å². The number of nitrogens with one attached hydrogen (secondary N) is 2. The number of rotatable bonds is 10. The van der Waals surface area contributed by atoms with Gasteiger partial charge in [0.2, 0.25) is 15.9 Å². The largest absolute Gasteiger partial charge is 0.385 e. The summed E-state index contributed by atoms with van der Waals surface area (Å²) >= 11 is 11.9. The topological polar surface area (TPSA) is 105 Å². The summed E-state index contributed by atoms with van der Waals surface area (Å²) in [5, 5.41) is 5.76. The number of ether oxygens (including phenoxy) is 1. The van der Waals surface area contributed by atoms with Gasteiger partial charge < -0.3 is 15.4 Å². The molecule has 0 aliphatic carbocycles. The highest BCUT2D eigenvalue weighted by molar-refractivity contribution is 7.92. The third-order valence-electron chi connectivity index (χ3n) is 4.14. The lowest BCUT2D eigenvalue weighted by atomic mass is 10.1. The van der Waals surface area contributed by atoms with E-state index < -0.39 is 22.5 Å². The smallest absolute Gasteiger partial charge is 0.253 e. The number of hydrogen-bond donors (Lipinski definition) is 2. The molecule has 0 aliphatic rings. The molecule has 0 fully saturated rings. The number of nitrogens with zero attached hydrogens (tertiary/aromatic N) is 1. The summed E-state index contributed by atoms with van der Waals surface area (Å²) in [6.07, 6.45) is 1.62. The number of methoxy groups -OCH3 is 1. The molecular weight excluding hydrogens is 465 g/mol. The first-order valence-electron chi connectivity index (χ1n) is 9.22. The summed E-state index contributed by atoms with van der Waals surface area (Å²) in [6, 6.07) is 10.7. The Kier molecular flexibility index (Phi) is 9.12. The second-order valence-corrected chi connectivity index (χ2v) is 9.29. The maximum absolute atomic E-state index is 12.6. The van der Waals surface area contributed by atoms with Crippen LogP contribution in [-0.4, -0.2) is 53.3 Å². The van der Waals surface area contributed by atoms with Gasteiger partial charge in [-0.1, -0.05) is 35.3 Å². The lowest BCUT2D eigenvalue weighted by Gasteiger charge is -2.22. The molecule has 0 spiro atoms. The number of carbonyl (C=O) groups excluding carboxylic acids is 2. The van der Waals surface area contributed by atoms with Crippen molar-refractivity contribution in [1.29, 1.82) is 0 Å². The zero-order valence-corrected chi connectivity index (χ0v) is 19.4. The standard InChI is InChI=1S/C20H23Cl2N3O5S/c1-30-11-5-10-23-20(27)15-6-3-4-7-18(15)24-19(26)13-25(31(2,28)29)14-8-9-16(21)17(22)12-14/h3-4,6-9,12H,5,10-11,13H2,1-2H3,(H,23,27)(H,24,26). The van der Waals surface area contributed by atoms with Gasteiger partial charge in [-0.05, 0) is 36.8 Å². The van der Waals surface area contributed by atoms with E-state index in [0.29, 0.717) is 19.6 Å². The number of halogens is 2. The Balaban J connectivity index is 2.16. The molecule has 0 aromatic heterocycles. The molecule has 0 saturated heterocycles. The van der Waals surface area contributed by atoms with Crippen molar-refractivity contribution in [1.82, 2.24) is 5.32 Å². The van der Waals surface area contributed by atoms with Crippen LogP contribution in [0, 0.1) is 0 Å².